The number of rotatable bonds is 3. The van der Waals surface area contributed by atoms with Gasteiger partial charge in [0.15, 0.2) is 11.6 Å². The van der Waals surface area contributed by atoms with Gasteiger partial charge in [-0.05, 0) is 23.8 Å². The molecule has 1 atom stereocenters. The van der Waals surface area contributed by atoms with Crippen LogP contribution >= 0.6 is 0 Å². The molecule has 0 heterocycles. The van der Waals surface area contributed by atoms with Crippen LogP contribution in [-0.2, 0) is 0 Å². The Morgan fingerprint density at radius 1 is 0.947 bits per heavy atom. The normalized spacial score (nSPS) is 12.3. The van der Waals surface area contributed by atoms with Crippen LogP contribution in [0.1, 0.15) is 17.2 Å². The van der Waals surface area contributed by atoms with Crippen molar-refractivity contribution in [3.63, 3.8) is 0 Å². The SMILES string of the molecule is COc1ccc(C(N)c2ccc(F)c(F)c2)c(F)c1. The van der Waals surface area contributed by atoms with E-state index in [1.165, 1.54) is 25.3 Å². The number of ether oxygens (including phenoxy) is 1. The molecule has 100 valence electrons. The molecule has 0 radical (unpaired) electrons. The summed E-state index contributed by atoms with van der Waals surface area (Å²) in [5.41, 5.74) is 6.34. The number of hydrogen-bond acceptors (Lipinski definition) is 2. The smallest absolute Gasteiger partial charge is 0.159 e. The fourth-order valence-electron chi connectivity index (χ4n) is 1.77. The van der Waals surface area contributed by atoms with E-state index in [9.17, 15) is 13.2 Å². The largest absolute Gasteiger partial charge is 0.497 e. The van der Waals surface area contributed by atoms with Crippen LogP contribution in [0.2, 0.25) is 0 Å². The fraction of sp³-hybridized carbons (Fsp3) is 0.143. The molecule has 2 aromatic rings. The Bertz CT molecular complexity index is 601. The summed E-state index contributed by atoms with van der Waals surface area (Å²) in [6.07, 6.45) is 0. The zero-order valence-corrected chi connectivity index (χ0v) is 10.2. The Morgan fingerprint density at radius 2 is 1.68 bits per heavy atom. The Labute approximate surface area is 108 Å². The molecule has 0 spiro atoms. The van der Waals surface area contributed by atoms with E-state index >= 15 is 0 Å². The van der Waals surface area contributed by atoms with Gasteiger partial charge < -0.3 is 10.5 Å². The molecular weight excluding hydrogens is 255 g/mol. The predicted octanol–water partition coefficient (Wildman–Crippen LogP) is 3.16. The van der Waals surface area contributed by atoms with Crippen LogP contribution < -0.4 is 10.5 Å². The summed E-state index contributed by atoms with van der Waals surface area (Å²) >= 11 is 0. The van der Waals surface area contributed by atoms with E-state index in [0.29, 0.717) is 11.3 Å². The summed E-state index contributed by atoms with van der Waals surface area (Å²) in [7, 11) is 1.42. The molecule has 2 nitrogen and oxygen atoms in total. The highest BCUT2D eigenvalue weighted by molar-refractivity contribution is 5.36. The van der Waals surface area contributed by atoms with Crippen LogP contribution in [0.25, 0.3) is 0 Å². The molecule has 19 heavy (non-hydrogen) atoms. The lowest BCUT2D eigenvalue weighted by Gasteiger charge is -2.14. The van der Waals surface area contributed by atoms with Gasteiger partial charge in [-0.15, -0.1) is 0 Å². The fourth-order valence-corrected chi connectivity index (χ4v) is 1.77. The lowest BCUT2D eigenvalue weighted by Crippen LogP contribution is -2.14. The van der Waals surface area contributed by atoms with Crippen molar-refractivity contribution in [3.8, 4) is 5.75 Å². The van der Waals surface area contributed by atoms with Crippen LogP contribution in [0.4, 0.5) is 13.2 Å². The summed E-state index contributed by atoms with van der Waals surface area (Å²) in [6, 6.07) is 6.58. The number of nitrogens with two attached hydrogens (primary N) is 1. The Balaban J connectivity index is 2.38. The first-order valence-corrected chi connectivity index (χ1v) is 5.57. The summed E-state index contributed by atoms with van der Waals surface area (Å²) in [5, 5.41) is 0. The molecule has 0 aliphatic carbocycles. The molecule has 2 aromatic carbocycles. The lowest BCUT2D eigenvalue weighted by molar-refractivity contribution is 0.410. The minimum Gasteiger partial charge on any atom is -0.497 e. The summed E-state index contributed by atoms with van der Waals surface area (Å²) in [4.78, 5) is 0. The second-order valence-corrected chi connectivity index (χ2v) is 4.04. The van der Waals surface area contributed by atoms with E-state index in [1.807, 2.05) is 0 Å². The van der Waals surface area contributed by atoms with Crippen LogP contribution in [0, 0.1) is 17.5 Å². The first-order valence-electron chi connectivity index (χ1n) is 5.57. The average Bonchev–Trinajstić information content (AvgIpc) is 2.41. The number of methoxy groups -OCH3 is 1. The van der Waals surface area contributed by atoms with E-state index in [0.717, 1.165) is 12.1 Å². The van der Waals surface area contributed by atoms with Crippen LogP contribution in [0.15, 0.2) is 36.4 Å². The molecule has 0 bridgehead atoms. The van der Waals surface area contributed by atoms with Gasteiger partial charge in [0, 0.05) is 11.6 Å². The Hall–Kier alpha value is -2.01. The van der Waals surface area contributed by atoms with E-state index in [1.54, 1.807) is 6.07 Å². The van der Waals surface area contributed by atoms with Gasteiger partial charge in [0.2, 0.25) is 0 Å². The average molecular weight is 267 g/mol. The van der Waals surface area contributed by atoms with Crippen molar-refractivity contribution in [3.05, 3.63) is 65.0 Å². The molecule has 0 aliphatic heterocycles. The van der Waals surface area contributed by atoms with Crippen molar-refractivity contribution >= 4 is 0 Å². The second kappa shape index (κ2) is 5.32. The van der Waals surface area contributed by atoms with Gasteiger partial charge in [-0.25, -0.2) is 13.2 Å². The number of benzene rings is 2. The number of hydrogen-bond donors (Lipinski definition) is 1. The zero-order chi connectivity index (χ0) is 14.0. The van der Waals surface area contributed by atoms with Gasteiger partial charge in [-0.3, -0.25) is 0 Å². The minimum absolute atomic E-state index is 0.187. The molecule has 0 saturated heterocycles. The van der Waals surface area contributed by atoms with Gasteiger partial charge in [0.25, 0.3) is 0 Å². The molecule has 0 amide bonds. The molecule has 0 aromatic heterocycles. The summed E-state index contributed by atoms with van der Waals surface area (Å²) < 4.78 is 44.7. The highest BCUT2D eigenvalue weighted by Gasteiger charge is 2.16. The molecule has 2 rings (SSSR count). The van der Waals surface area contributed by atoms with Gasteiger partial charge in [-0.1, -0.05) is 12.1 Å². The quantitative estimate of drug-likeness (QED) is 0.927. The highest BCUT2D eigenvalue weighted by Crippen LogP contribution is 2.26. The third-order valence-electron chi connectivity index (χ3n) is 2.85. The molecule has 0 saturated carbocycles. The second-order valence-electron chi connectivity index (χ2n) is 4.04. The molecule has 0 aliphatic rings. The number of halogens is 3. The molecule has 1 unspecified atom stereocenters. The molecule has 0 fully saturated rings. The van der Waals surface area contributed by atoms with Gasteiger partial charge in [0.05, 0.1) is 13.2 Å². The maximum absolute atomic E-state index is 13.8. The van der Waals surface area contributed by atoms with Gasteiger partial charge >= 0.3 is 0 Å². The Morgan fingerprint density at radius 3 is 2.26 bits per heavy atom. The van der Waals surface area contributed by atoms with Crippen molar-refractivity contribution in [1.29, 1.82) is 0 Å². The first-order chi connectivity index (χ1) is 9.02. The lowest BCUT2D eigenvalue weighted by atomic mass is 9.99. The van der Waals surface area contributed by atoms with Crippen LogP contribution in [0.3, 0.4) is 0 Å². The topological polar surface area (TPSA) is 35.2 Å². The van der Waals surface area contributed by atoms with E-state index in [-0.39, 0.29) is 5.56 Å². The third kappa shape index (κ3) is 2.71. The van der Waals surface area contributed by atoms with Crippen molar-refractivity contribution in [1.82, 2.24) is 0 Å². The van der Waals surface area contributed by atoms with E-state index in [2.05, 4.69) is 0 Å². The first kappa shape index (κ1) is 13.4. The Kier molecular flexibility index (Phi) is 3.76. The van der Waals surface area contributed by atoms with Crippen LogP contribution in [-0.4, -0.2) is 7.11 Å². The standard InChI is InChI=1S/C14H12F3NO/c1-19-9-3-4-10(12(16)7-9)14(18)8-2-5-11(15)13(17)6-8/h2-7,14H,18H2,1H3. The molecular formula is C14H12F3NO. The summed E-state index contributed by atoms with van der Waals surface area (Å²) in [6.45, 7) is 0. The van der Waals surface area contributed by atoms with Crippen LogP contribution in [0.5, 0.6) is 5.75 Å². The maximum Gasteiger partial charge on any atom is 0.159 e. The van der Waals surface area contributed by atoms with Gasteiger partial charge in [0.1, 0.15) is 11.6 Å². The van der Waals surface area contributed by atoms with Crippen molar-refractivity contribution in [2.45, 2.75) is 6.04 Å². The molecule has 2 N–H and O–H groups in total. The van der Waals surface area contributed by atoms with Gasteiger partial charge in [-0.2, -0.15) is 0 Å². The molecule has 5 heteroatoms. The summed E-state index contributed by atoms with van der Waals surface area (Å²) in [5.74, 6) is -2.18. The monoisotopic (exact) mass is 267 g/mol. The van der Waals surface area contributed by atoms with Crippen molar-refractivity contribution < 1.29 is 17.9 Å². The highest BCUT2D eigenvalue weighted by atomic mass is 19.2. The van der Waals surface area contributed by atoms with Crippen molar-refractivity contribution in [2.75, 3.05) is 7.11 Å². The zero-order valence-electron chi connectivity index (χ0n) is 10.2. The third-order valence-corrected chi connectivity index (χ3v) is 2.85. The maximum atomic E-state index is 13.8. The van der Waals surface area contributed by atoms with Crippen molar-refractivity contribution in [2.24, 2.45) is 5.73 Å². The van der Waals surface area contributed by atoms with E-state index < -0.39 is 23.5 Å². The van der Waals surface area contributed by atoms with E-state index in [4.69, 9.17) is 10.5 Å². The predicted molar refractivity (Wildman–Crippen MR) is 65.3 cm³/mol. The minimum atomic E-state index is -1.01.